The fourth-order valence-electron chi connectivity index (χ4n) is 2.23. The Morgan fingerprint density at radius 2 is 1.95 bits per heavy atom. The van der Waals surface area contributed by atoms with Crippen molar-refractivity contribution in [3.05, 3.63) is 48.5 Å². The number of methoxy groups -OCH3 is 1. The molecule has 114 valence electrons. The molecule has 4 nitrogen and oxygen atoms in total. The first-order valence-electron chi connectivity index (χ1n) is 7.31. The normalized spacial score (nSPS) is 13.1. The summed E-state index contributed by atoms with van der Waals surface area (Å²) in [6, 6.07) is 8.57. The summed E-state index contributed by atoms with van der Waals surface area (Å²) in [5.41, 5.74) is 1.44. The van der Waals surface area contributed by atoms with Crippen LogP contribution in [0.1, 0.15) is 26.3 Å². The lowest BCUT2D eigenvalue weighted by Gasteiger charge is -2.32. The third kappa shape index (κ3) is 4.60. The van der Waals surface area contributed by atoms with Gasteiger partial charge in [-0.1, -0.05) is 32.9 Å². The van der Waals surface area contributed by atoms with E-state index in [1.807, 2.05) is 30.9 Å². The van der Waals surface area contributed by atoms with Crippen LogP contribution in [-0.2, 0) is 13.1 Å². The van der Waals surface area contributed by atoms with E-state index in [1.54, 1.807) is 7.11 Å². The molecule has 0 fully saturated rings. The second-order valence-corrected chi connectivity index (χ2v) is 6.41. The number of ether oxygens (including phenoxy) is 1. The summed E-state index contributed by atoms with van der Waals surface area (Å²) in [5, 5.41) is 3.66. The molecule has 1 aromatic heterocycles. The van der Waals surface area contributed by atoms with Crippen molar-refractivity contribution >= 4 is 0 Å². The highest BCUT2D eigenvalue weighted by atomic mass is 16.5. The van der Waals surface area contributed by atoms with Gasteiger partial charge in [0.25, 0.3) is 0 Å². The average molecular weight is 287 g/mol. The quantitative estimate of drug-likeness (QED) is 0.887. The van der Waals surface area contributed by atoms with Gasteiger partial charge in [0.1, 0.15) is 5.75 Å². The molecule has 1 heterocycles. The van der Waals surface area contributed by atoms with Crippen molar-refractivity contribution < 1.29 is 4.74 Å². The van der Waals surface area contributed by atoms with Gasteiger partial charge in [-0.05, 0) is 23.1 Å². The molecule has 0 saturated heterocycles. The number of hydrogen-bond acceptors (Lipinski definition) is 3. The zero-order valence-electron chi connectivity index (χ0n) is 13.3. The number of aromatic nitrogens is 2. The number of imidazole rings is 1. The van der Waals surface area contributed by atoms with Gasteiger partial charge in [-0.25, -0.2) is 4.98 Å². The second-order valence-electron chi connectivity index (χ2n) is 6.41. The second kappa shape index (κ2) is 6.76. The molecule has 21 heavy (non-hydrogen) atoms. The lowest BCUT2D eigenvalue weighted by atomic mass is 9.86. The van der Waals surface area contributed by atoms with Gasteiger partial charge >= 0.3 is 0 Å². The number of nitrogens with zero attached hydrogens (tertiary/aromatic N) is 2. The molecule has 0 saturated carbocycles. The molecule has 0 amide bonds. The van der Waals surface area contributed by atoms with E-state index in [1.165, 1.54) is 5.56 Å². The fourth-order valence-corrected chi connectivity index (χ4v) is 2.23. The van der Waals surface area contributed by atoms with Crippen LogP contribution >= 0.6 is 0 Å². The standard InChI is InChI=1S/C17H25N3O/c1-17(2,3)16(12-20-10-9-18-13-20)19-11-14-5-7-15(21-4)8-6-14/h5-10,13,16,19H,11-12H2,1-4H3. The molecule has 2 rings (SSSR count). The summed E-state index contributed by atoms with van der Waals surface area (Å²) in [6.07, 6.45) is 5.70. The molecule has 1 unspecified atom stereocenters. The summed E-state index contributed by atoms with van der Waals surface area (Å²) in [6.45, 7) is 8.54. The van der Waals surface area contributed by atoms with Crippen LogP contribution in [0.25, 0.3) is 0 Å². The van der Waals surface area contributed by atoms with Crippen LogP contribution in [0.2, 0.25) is 0 Å². The molecule has 1 atom stereocenters. The highest BCUT2D eigenvalue weighted by Crippen LogP contribution is 2.21. The van der Waals surface area contributed by atoms with E-state index in [-0.39, 0.29) is 5.41 Å². The van der Waals surface area contributed by atoms with E-state index in [4.69, 9.17) is 4.74 Å². The molecular formula is C17H25N3O. The Balaban J connectivity index is 1.98. The van der Waals surface area contributed by atoms with Gasteiger partial charge in [-0.3, -0.25) is 0 Å². The molecule has 0 bridgehead atoms. The number of nitrogens with one attached hydrogen (secondary N) is 1. The Kier molecular flexibility index (Phi) is 5.02. The van der Waals surface area contributed by atoms with Crippen LogP contribution < -0.4 is 10.1 Å². The van der Waals surface area contributed by atoms with Crippen LogP contribution in [-0.4, -0.2) is 22.7 Å². The largest absolute Gasteiger partial charge is 0.497 e. The molecule has 1 aromatic carbocycles. The van der Waals surface area contributed by atoms with Crippen LogP contribution in [0.4, 0.5) is 0 Å². The van der Waals surface area contributed by atoms with Gasteiger partial charge in [-0.2, -0.15) is 0 Å². The Labute approximate surface area is 127 Å². The van der Waals surface area contributed by atoms with E-state index < -0.39 is 0 Å². The van der Waals surface area contributed by atoms with Crippen LogP contribution in [0.3, 0.4) is 0 Å². The molecule has 0 radical (unpaired) electrons. The molecular weight excluding hydrogens is 262 g/mol. The highest BCUT2D eigenvalue weighted by Gasteiger charge is 2.24. The maximum Gasteiger partial charge on any atom is 0.118 e. The minimum atomic E-state index is 0.177. The Morgan fingerprint density at radius 3 is 2.48 bits per heavy atom. The maximum atomic E-state index is 5.19. The van der Waals surface area contributed by atoms with Crippen molar-refractivity contribution in [2.45, 2.75) is 39.9 Å². The minimum Gasteiger partial charge on any atom is -0.497 e. The summed E-state index contributed by atoms with van der Waals surface area (Å²) < 4.78 is 7.31. The van der Waals surface area contributed by atoms with Gasteiger partial charge in [0, 0.05) is 31.5 Å². The molecule has 0 aliphatic carbocycles. The molecule has 4 heteroatoms. The Morgan fingerprint density at radius 1 is 1.24 bits per heavy atom. The summed E-state index contributed by atoms with van der Waals surface area (Å²) in [4.78, 5) is 4.12. The number of benzene rings is 1. The topological polar surface area (TPSA) is 39.1 Å². The fraction of sp³-hybridized carbons (Fsp3) is 0.471. The number of rotatable bonds is 6. The van der Waals surface area contributed by atoms with Gasteiger partial charge in [0.2, 0.25) is 0 Å². The third-order valence-corrected chi connectivity index (χ3v) is 3.71. The maximum absolute atomic E-state index is 5.19. The van der Waals surface area contributed by atoms with Gasteiger partial charge in [0.05, 0.1) is 13.4 Å². The first kappa shape index (κ1) is 15.6. The molecule has 0 aliphatic heterocycles. The summed E-state index contributed by atoms with van der Waals surface area (Å²) >= 11 is 0. The van der Waals surface area contributed by atoms with Crippen LogP contribution in [0, 0.1) is 5.41 Å². The first-order valence-corrected chi connectivity index (χ1v) is 7.31. The van der Waals surface area contributed by atoms with Crippen molar-refractivity contribution in [1.29, 1.82) is 0 Å². The predicted molar refractivity (Wildman–Crippen MR) is 85.3 cm³/mol. The summed E-state index contributed by atoms with van der Waals surface area (Å²) in [5.74, 6) is 0.893. The van der Waals surface area contributed by atoms with E-state index >= 15 is 0 Å². The predicted octanol–water partition coefficient (Wildman–Crippen LogP) is 3.10. The summed E-state index contributed by atoms with van der Waals surface area (Å²) in [7, 11) is 1.69. The lowest BCUT2D eigenvalue weighted by molar-refractivity contribution is 0.240. The van der Waals surface area contributed by atoms with Gasteiger partial charge in [0.15, 0.2) is 0 Å². The van der Waals surface area contributed by atoms with Crippen molar-refractivity contribution in [3.8, 4) is 5.75 Å². The third-order valence-electron chi connectivity index (χ3n) is 3.71. The lowest BCUT2D eigenvalue weighted by Crippen LogP contribution is -2.42. The minimum absolute atomic E-state index is 0.177. The van der Waals surface area contributed by atoms with E-state index in [9.17, 15) is 0 Å². The SMILES string of the molecule is COc1ccc(CNC(Cn2ccnc2)C(C)(C)C)cc1. The van der Waals surface area contributed by atoms with Crippen LogP contribution in [0.15, 0.2) is 43.0 Å². The van der Waals surface area contributed by atoms with E-state index in [0.717, 1.165) is 18.8 Å². The van der Waals surface area contributed by atoms with Crippen molar-refractivity contribution in [2.24, 2.45) is 5.41 Å². The van der Waals surface area contributed by atoms with E-state index in [0.29, 0.717) is 6.04 Å². The molecule has 0 spiro atoms. The first-order chi connectivity index (χ1) is 9.99. The molecule has 2 aromatic rings. The van der Waals surface area contributed by atoms with Gasteiger partial charge < -0.3 is 14.6 Å². The van der Waals surface area contributed by atoms with Crippen molar-refractivity contribution in [2.75, 3.05) is 7.11 Å². The zero-order valence-corrected chi connectivity index (χ0v) is 13.3. The van der Waals surface area contributed by atoms with Gasteiger partial charge in [-0.15, -0.1) is 0 Å². The molecule has 1 N–H and O–H groups in total. The Bertz CT molecular complexity index is 526. The van der Waals surface area contributed by atoms with Crippen molar-refractivity contribution in [3.63, 3.8) is 0 Å². The highest BCUT2D eigenvalue weighted by molar-refractivity contribution is 5.27. The van der Waals surface area contributed by atoms with Crippen molar-refractivity contribution in [1.82, 2.24) is 14.9 Å². The number of hydrogen-bond donors (Lipinski definition) is 1. The monoisotopic (exact) mass is 287 g/mol. The Hall–Kier alpha value is -1.81. The zero-order chi connectivity index (χ0) is 15.3. The van der Waals surface area contributed by atoms with E-state index in [2.05, 4.69) is 47.8 Å². The molecule has 0 aliphatic rings. The van der Waals surface area contributed by atoms with Crippen LogP contribution in [0.5, 0.6) is 5.75 Å². The average Bonchev–Trinajstić information content (AvgIpc) is 2.96. The smallest absolute Gasteiger partial charge is 0.118 e.